The van der Waals surface area contributed by atoms with Crippen molar-refractivity contribution < 1.29 is 4.74 Å². The number of hydrogen-bond donors (Lipinski definition) is 1. The molecule has 0 atom stereocenters. The molecule has 0 saturated heterocycles. The average Bonchev–Trinajstić information content (AvgIpc) is 2.91. The first kappa shape index (κ1) is 23.3. The van der Waals surface area contributed by atoms with E-state index in [-0.39, 0.29) is 0 Å². The highest BCUT2D eigenvalue weighted by molar-refractivity contribution is 9.10. The predicted molar refractivity (Wildman–Crippen MR) is 149 cm³/mol. The number of ether oxygens (including phenoxy) is 1. The van der Waals surface area contributed by atoms with E-state index in [1.54, 1.807) is 7.11 Å². The quantitative estimate of drug-likeness (QED) is 0.264. The minimum atomic E-state index is 0.672. The Hall–Kier alpha value is -3.44. The van der Waals surface area contributed by atoms with Crippen molar-refractivity contribution in [2.45, 2.75) is 32.2 Å². The van der Waals surface area contributed by atoms with Crippen LogP contribution in [0.3, 0.4) is 0 Å². The van der Waals surface area contributed by atoms with Gasteiger partial charge in [0.15, 0.2) is 0 Å². The Morgan fingerprint density at radius 1 is 1.00 bits per heavy atom. The normalized spacial score (nSPS) is 13.7. The van der Waals surface area contributed by atoms with Gasteiger partial charge in [0.1, 0.15) is 11.6 Å². The highest BCUT2D eigenvalue weighted by atomic mass is 79.9. The first-order chi connectivity index (χ1) is 17.2. The number of fused-ring (bicyclic) bond motifs is 1. The summed E-state index contributed by atoms with van der Waals surface area (Å²) in [5.74, 6) is 1.71. The molecule has 5 heteroatoms. The molecule has 0 aliphatic heterocycles. The van der Waals surface area contributed by atoms with E-state index in [0.717, 1.165) is 56.5 Å². The van der Waals surface area contributed by atoms with Gasteiger partial charge in [0.25, 0.3) is 0 Å². The third-order valence-corrected chi connectivity index (χ3v) is 6.80. The highest BCUT2D eigenvalue weighted by Gasteiger charge is 2.08. The molecule has 2 aromatic carbocycles. The number of halogens is 1. The number of anilines is 1. The van der Waals surface area contributed by atoms with Gasteiger partial charge < -0.3 is 10.1 Å². The zero-order chi connectivity index (χ0) is 24.0. The van der Waals surface area contributed by atoms with Crippen LogP contribution < -0.4 is 10.1 Å². The van der Waals surface area contributed by atoms with Crippen LogP contribution in [0.4, 0.5) is 5.82 Å². The molecule has 2 aromatic heterocycles. The molecular weight excluding hydrogens is 498 g/mol. The van der Waals surface area contributed by atoms with E-state index in [9.17, 15) is 0 Å². The summed E-state index contributed by atoms with van der Waals surface area (Å²) < 4.78 is 6.32. The van der Waals surface area contributed by atoms with Crippen LogP contribution in [0.15, 0.2) is 77.5 Å². The number of benzene rings is 2. The predicted octanol–water partition coefficient (Wildman–Crippen LogP) is 8.14. The van der Waals surface area contributed by atoms with Crippen LogP contribution in [-0.4, -0.2) is 17.1 Å². The molecule has 4 aromatic rings. The minimum Gasteiger partial charge on any atom is -0.497 e. The molecule has 0 amide bonds. The van der Waals surface area contributed by atoms with Crippen molar-refractivity contribution >= 4 is 50.4 Å². The molecule has 176 valence electrons. The van der Waals surface area contributed by atoms with Gasteiger partial charge in [-0.25, -0.2) is 4.98 Å². The van der Waals surface area contributed by atoms with E-state index in [1.165, 1.54) is 24.0 Å². The molecule has 4 nitrogen and oxygen atoms in total. The van der Waals surface area contributed by atoms with E-state index in [2.05, 4.69) is 74.8 Å². The lowest BCUT2D eigenvalue weighted by Gasteiger charge is -2.13. The smallest absolute Gasteiger partial charge is 0.134 e. The summed E-state index contributed by atoms with van der Waals surface area (Å²) in [6, 6.07) is 18.7. The third kappa shape index (κ3) is 5.80. The molecular formula is C30H28BrN3O. The van der Waals surface area contributed by atoms with Gasteiger partial charge in [0.2, 0.25) is 0 Å². The highest BCUT2D eigenvalue weighted by Crippen LogP contribution is 2.28. The Morgan fingerprint density at radius 3 is 2.69 bits per heavy atom. The maximum atomic E-state index is 5.28. The molecule has 0 saturated carbocycles. The first-order valence-corrected chi connectivity index (χ1v) is 12.8. The summed E-state index contributed by atoms with van der Waals surface area (Å²) >= 11 is 3.58. The maximum absolute atomic E-state index is 5.28. The number of methoxy groups -OCH3 is 1. The number of hydrogen-bond acceptors (Lipinski definition) is 4. The Bertz CT molecular complexity index is 1390. The number of aromatic nitrogens is 2. The Morgan fingerprint density at radius 2 is 1.89 bits per heavy atom. The second-order valence-corrected chi connectivity index (χ2v) is 9.70. The SMILES string of the molecule is COc1ccc(CNc2nc3ccc(Br)cc3cc2/C=C/c2cncc(C3=CCCCC3)c2)cc1. The van der Waals surface area contributed by atoms with Gasteiger partial charge in [0, 0.05) is 34.4 Å². The topological polar surface area (TPSA) is 47.0 Å². The molecule has 35 heavy (non-hydrogen) atoms. The number of nitrogens with one attached hydrogen (secondary N) is 1. The van der Waals surface area contributed by atoms with Crippen molar-refractivity contribution in [1.29, 1.82) is 0 Å². The summed E-state index contributed by atoms with van der Waals surface area (Å²) in [5.41, 5.74) is 6.88. The molecule has 2 heterocycles. The van der Waals surface area contributed by atoms with E-state index in [1.807, 2.05) is 36.7 Å². The van der Waals surface area contributed by atoms with Gasteiger partial charge in [-0.15, -0.1) is 0 Å². The van der Waals surface area contributed by atoms with Crippen LogP contribution >= 0.6 is 15.9 Å². The molecule has 0 unspecified atom stereocenters. The molecule has 5 rings (SSSR count). The summed E-state index contributed by atoms with van der Waals surface area (Å²) in [4.78, 5) is 9.44. The molecule has 1 N–H and O–H groups in total. The molecule has 0 bridgehead atoms. The molecule has 1 aliphatic rings. The fourth-order valence-corrected chi connectivity index (χ4v) is 4.75. The summed E-state index contributed by atoms with van der Waals surface area (Å²) in [7, 11) is 1.68. The molecule has 1 aliphatic carbocycles. The standard InChI is InChI=1S/C30H28BrN3O/c1-35-28-12-8-21(9-13-28)19-33-30-24(16-25-17-27(31)11-14-29(25)34-30)10-7-22-15-26(20-32-18-22)23-5-3-2-4-6-23/h5,7-18,20H,2-4,6,19H2,1H3,(H,33,34)/b10-7+. The van der Waals surface area contributed by atoms with Crippen LogP contribution in [-0.2, 0) is 6.54 Å². The Labute approximate surface area is 214 Å². The van der Waals surface area contributed by atoms with Crippen molar-refractivity contribution in [1.82, 2.24) is 9.97 Å². The summed E-state index contributed by atoms with van der Waals surface area (Å²) in [5, 5.41) is 4.62. The van der Waals surface area contributed by atoms with Crippen LogP contribution in [0.5, 0.6) is 5.75 Å². The summed E-state index contributed by atoms with van der Waals surface area (Å²) in [6.07, 6.45) is 15.3. The van der Waals surface area contributed by atoms with Gasteiger partial charge in [0.05, 0.1) is 12.6 Å². The lowest BCUT2D eigenvalue weighted by atomic mass is 9.94. The van der Waals surface area contributed by atoms with Crippen molar-refractivity contribution in [3.8, 4) is 5.75 Å². The average molecular weight is 526 g/mol. The fraction of sp³-hybridized carbons (Fsp3) is 0.200. The van der Waals surface area contributed by atoms with E-state index >= 15 is 0 Å². The monoisotopic (exact) mass is 525 g/mol. The van der Waals surface area contributed by atoms with Crippen LogP contribution in [0.1, 0.15) is 47.9 Å². The van der Waals surface area contributed by atoms with E-state index in [4.69, 9.17) is 9.72 Å². The summed E-state index contributed by atoms with van der Waals surface area (Å²) in [6.45, 7) is 0.672. The van der Waals surface area contributed by atoms with E-state index < -0.39 is 0 Å². The first-order valence-electron chi connectivity index (χ1n) is 12.0. The number of pyridine rings is 2. The Kier molecular flexibility index (Phi) is 7.24. The van der Waals surface area contributed by atoms with Crippen LogP contribution in [0.2, 0.25) is 0 Å². The minimum absolute atomic E-state index is 0.672. The van der Waals surface area contributed by atoms with Gasteiger partial charge >= 0.3 is 0 Å². The van der Waals surface area contributed by atoms with Gasteiger partial charge in [-0.2, -0.15) is 0 Å². The van der Waals surface area contributed by atoms with Gasteiger partial charge in [-0.05, 0) is 90.4 Å². The maximum Gasteiger partial charge on any atom is 0.134 e. The van der Waals surface area contributed by atoms with E-state index in [0.29, 0.717) is 6.54 Å². The number of allylic oxidation sites excluding steroid dienone is 2. The molecule has 0 radical (unpaired) electrons. The zero-order valence-electron chi connectivity index (χ0n) is 19.8. The zero-order valence-corrected chi connectivity index (χ0v) is 21.4. The molecule has 0 fully saturated rings. The van der Waals surface area contributed by atoms with Gasteiger partial charge in [-0.3, -0.25) is 4.98 Å². The fourth-order valence-electron chi connectivity index (χ4n) is 4.37. The largest absolute Gasteiger partial charge is 0.497 e. The number of rotatable bonds is 7. The third-order valence-electron chi connectivity index (χ3n) is 6.30. The second kappa shape index (κ2) is 10.9. The van der Waals surface area contributed by atoms with Crippen molar-refractivity contribution in [3.63, 3.8) is 0 Å². The second-order valence-electron chi connectivity index (χ2n) is 8.78. The van der Waals surface area contributed by atoms with Crippen molar-refractivity contribution in [2.75, 3.05) is 12.4 Å². The number of nitrogens with zero attached hydrogens (tertiary/aromatic N) is 2. The van der Waals surface area contributed by atoms with Crippen LogP contribution in [0, 0.1) is 0 Å². The van der Waals surface area contributed by atoms with Crippen molar-refractivity contribution in [2.24, 2.45) is 0 Å². The Balaban J connectivity index is 1.44. The van der Waals surface area contributed by atoms with Gasteiger partial charge in [-0.1, -0.05) is 46.3 Å². The lowest BCUT2D eigenvalue weighted by molar-refractivity contribution is 0.414. The van der Waals surface area contributed by atoms with Crippen LogP contribution in [0.25, 0.3) is 28.6 Å². The van der Waals surface area contributed by atoms with Crippen molar-refractivity contribution in [3.05, 3.63) is 99.8 Å². The molecule has 0 spiro atoms. The lowest BCUT2D eigenvalue weighted by Crippen LogP contribution is -2.03.